The number of nitrogens with zero attached hydrogens (tertiary/aromatic N) is 1. The quantitative estimate of drug-likeness (QED) is 0.841. The Balaban J connectivity index is 2.05. The van der Waals surface area contributed by atoms with Crippen molar-refractivity contribution >= 4 is 10.0 Å². The van der Waals surface area contributed by atoms with Crippen LogP contribution in [0, 0.1) is 0 Å². The van der Waals surface area contributed by atoms with Crippen LogP contribution in [-0.2, 0) is 22.9 Å². The molecule has 1 aliphatic heterocycles. The molecule has 8 heteroatoms. The fourth-order valence-electron chi connectivity index (χ4n) is 4.39. The van der Waals surface area contributed by atoms with E-state index in [-0.39, 0.29) is 11.8 Å². The zero-order chi connectivity index (χ0) is 20.2. The molecule has 2 aliphatic rings. The molecule has 2 aromatic rings. The summed E-state index contributed by atoms with van der Waals surface area (Å²) in [7, 11) is 1.22. The van der Waals surface area contributed by atoms with E-state index in [1.807, 2.05) is 18.2 Å². The first-order valence-corrected chi connectivity index (χ1v) is 10.8. The minimum absolute atomic E-state index is 0.00905. The third-order valence-electron chi connectivity index (χ3n) is 5.61. The van der Waals surface area contributed by atoms with Gasteiger partial charge in [-0.25, -0.2) is 8.42 Å². The topological polar surface area (TPSA) is 85.3 Å². The Morgan fingerprint density at radius 2 is 1.61 bits per heavy atom. The van der Waals surface area contributed by atoms with Gasteiger partial charge in [0.1, 0.15) is 0 Å². The largest absolute Gasteiger partial charge is 0.504 e. The number of phenols is 1. The molecule has 28 heavy (non-hydrogen) atoms. The van der Waals surface area contributed by atoms with E-state index in [1.165, 1.54) is 17.7 Å². The lowest BCUT2D eigenvalue weighted by molar-refractivity contribution is 0.301. The average Bonchev–Trinajstić information content (AvgIpc) is 2.67. The van der Waals surface area contributed by atoms with E-state index in [4.69, 9.17) is 14.2 Å². The number of phenolic OH excluding ortho intramolecular Hbond substituents is 1. The number of rotatable bonds is 4. The Kier molecular flexibility index (Phi) is 4.43. The van der Waals surface area contributed by atoms with Gasteiger partial charge in [-0.2, -0.15) is 4.31 Å². The van der Waals surface area contributed by atoms with Gasteiger partial charge in [0, 0.05) is 12.1 Å². The Morgan fingerprint density at radius 3 is 2.21 bits per heavy atom. The average molecular weight is 405 g/mol. The highest BCUT2D eigenvalue weighted by Gasteiger charge is 2.40. The second-order valence-corrected chi connectivity index (χ2v) is 9.02. The predicted octanol–water partition coefficient (Wildman–Crippen LogP) is 2.50. The highest BCUT2D eigenvalue weighted by Crippen LogP contribution is 2.54. The minimum Gasteiger partial charge on any atom is -0.504 e. The van der Waals surface area contributed by atoms with E-state index in [1.54, 1.807) is 14.2 Å². The normalized spacial score (nSPS) is 18.2. The van der Waals surface area contributed by atoms with Gasteiger partial charge in [-0.1, -0.05) is 0 Å². The van der Waals surface area contributed by atoms with Crippen LogP contribution in [0.25, 0.3) is 11.1 Å². The Hall–Kier alpha value is -2.45. The molecule has 0 fully saturated rings. The third kappa shape index (κ3) is 2.70. The van der Waals surface area contributed by atoms with E-state index in [0.717, 1.165) is 22.3 Å². The summed E-state index contributed by atoms with van der Waals surface area (Å²) in [6.07, 6.45) is 2.28. The number of ether oxygens (including phenoxy) is 3. The maximum atomic E-state index is 12.4. The predicted molar refractivity (Wildman–Crippen MR) is 105 cm³/mol. The summed E-state index contributed by atoms with van der Waals surface area (Å²) in [6.45, 7) is 0.395. The Bertz CT molecular complexity index is 1060. The van der Waals surface area contributed by atoms with Gasteiger partial charge >= 0.3 is 0 Å². The number of benzene rings is 2. The van der Waals surface area contributed by atoms with Gasteiger partial charge in [0.15, 0.2) is 23.0 Å². The summed E-state index contributed by atoms with van der Waals surface area (Å²) in [4.78, 5) is 0. The molecule has 0 bridgehead atoms. The Labute approximate surface area is 164 Å². The summed E-state index contributed by atoms with van der Waals surface area (Å²) >= 11 is 0. The molecule has 0 saturated heterocycles. The molecule has 1 heterocycles. The molecule has 0 amide bonds. The maximum absolute atomic E-state index is 12.4. The third-order valence-corrected chi connectivity index (χ3v) is 6.90. The van der Waals surface area contributed by atoms with Crippen molar-refractivity contribution in [1.29, 1.82) is 0 Å². The van der Waals surface area contributed by atoms with Crippen LogP contribution in [0.5, 0.6) is 23.0 Å². The molecule has 0 spiro atoms. The SMILES string of the molecule is COc1cc2c(cc1OC)-c1c(O)c(OC)cc3c1[C@H](C2)N(S(C)(=O)=O)CC3. The first kappa shape index (κ1) is 18.9. The van der Waals surface area contributed by atoms with Gasteiger partial charge in [-0.05, 0) is 53.3 Å². The Morgan fingerprint density at radius 1 is 1.00 bits per heavy atom. The fraction of sp³-hybridized carbons (Fsp3) is 0.400. The molecule has 0 aromatic heterocycles. The summed E-state index contributed by atoms with van der Waals surface area (Å²) in [6, 6.07) is 5.12. The van der Waals surface area contributed by atoms with Gasteiger partial charge < -0.3 is 19.3 Å². The second-order valence-electron chi connectivity index (χ2n) is 7.08. The van der Waals surface area contributed by atoms with Gasteiger partial charge in [0.05, 0.1) is 33.6 Å². The summed E-state index contributed by atoms with van der Waals surface area (Å²) in [5.74, 6) is 1.50. The highest BCUT2D eigenvalue weighted by molar-refractivity contribution is 7.88. The molecule has 0 unspecified atom stereocenters. The zero-order valence-corrected chi connectivity index (χ0v) is 17.1. The van der Waals surface area contributed by atoms with E-state index < -0.39 is 10.0 Å². The molecule has 1 atom stereocenters. The minimum atomic E-state index is -3.41. The van der Waals surface area contributed by atoms with E-state index >= 15 is 0 Å². The fourth-order valence-corrected chi connectivity index (χ4v) is 5.46. The van der Waals surface area contributed by atoms with Crippen molar-refractivity contribution in [2.75, 3.05) is 34.1 Å². The smallest absolute Gasteiger partial charge is 0.211 e. The lowest BCUT2D eigenvalue weighted by Gasteiger charge is -2.40. The lowest BCUT2D eigenvalue weighted by Crippen LogP contribution is -2.41. The second kappa shape index (κ2) is 6.56. The number of hydrogen-bond donors (Lipinski definition) is 1. The standard InChI is InChI=1S/C20H23NO6S/c1-25-15-9-12-7-14-18-11(5-6-21(14)28(4,23)24)8-17(27-3)20(22)19(18)13(12)10-16(15)26-2/h8-10,14,22H,5-7H2,1-4H3/t14-/m0/s1. The van der Waals surface area contributed by atoms with Gasteiger partial charge in [-0.3, -0.25) is 0 Å². The first-order chi connectivity index (χ1) is 13.3. The van der Waals surface area contributed by atoms with Crippen LogP contribution in [0.4, 0.5) is 0 Å². The van der Waals surface area contributed by atoms with Crippen LogP contribution in [0.1, 0.15) is 22.7 Å². The van der Waals surface area contributed by atoms with Crippen LogP contribution in [0.3, 0.4) is 0 Å². The number of methoxy groups -OCH3 is 3. The van der Waals surface area contributed by atoms with Crippen molar-refractivity contribution in [2.45, 2.75) is 18.9 Å². The maximum Gasteiger partial charge on any atom is 0.211 e. The van der Waals surface area contributed by atoms with Crippen LogP contribution < -0.4 is 14.2 Å². The van der Waals surface area contributed by atoms with Crippen LogP contribution in [0.15, 0.2) is 18.2 Å². The van der Waals surface area contributed by atoms with Crippen molar-refractivity contribution < 1.29 is 27.7 Å². The molecule has 1 aliphatic carbocycles. The molecular formula is C20H23NO6S. The van der Waals surface area contributed by atoms with Crippen molar-refractivity contribution in [2.24, 2.45) is 0 Å². The summed E-state index contributed by atoms with van der Waals surface area (Å²) in [5, 5.41) is 11.0. The molecule has 4 rings (SSSR count). The summed E-state index contributed by atoms with van der Waals surface area (Å²) < 4.78 is 42.6. The zero-order valence-electron chi connectivity index (χ0n) is 16.3. The molecular weight excluding hydrogens is 382 g/mol. The number of fused-ring (bicyclic) bond motifs is 2. The van der Waals surface area contributed by atoms with E-state index in [9.17, 15) is 13.5 Å². The number of hydrogen-bond acceptors (Lipinski definition) is 6. The van der Waals surface area contributed by atoms with E-state index in [2.05, 4.69) is 0 Å². The van der Waals surface area contributed by atoms with Gasteiger partial charge in [0.2, 0.25) is 10.0 Å². The van der Waals surface area contributed by atoms with Crippen molar-refractivity contribution in [3.05, 3.63) is 34.9 Å². The van der Waals surface area contributed by atoms with Crippen LogP contribution in [0.2, 0.25) is 0 Å². The van der Waals surface area contributed by atoms with Gasteiger partial charge in [-0.15, -0.1) is 0 Å². The molecule has 7 nitrogen and oxygen atoms in total. The van der Waals surface area contributed by atoms with Crippen molar-refractivity contribution in [3.8, 4) is 34.1 Å². The monoisotopic (exact) mass is 405 g/mol. The van der Waals surface area contributed by atoms with Crippen LogP contribution >= 0.6 is 0 Å². The van der Waals surface area contributed by atoms with E-state index in [0.29, 0.717) is 42.2 Å². The molecule has 0 radical (unpaired) electrons. The molecule has 150 valence electrons. The lowest BCUT2D eigenvalue weighted by atomic mass is 9.77. The van der Waals surface area contributed by atoms with Gasteiger partial charge in [0.25, 0.3) is 0 Å². The summed E-state index contributed by atoms with van der Waals surface area (Å²) in [5.41, 5.74) is 4.14. The molecule has 1 N–H and O–H groups in total. The molecule has 2 aromatic carbocycles. The number of sulfonamides is 1. The van der Waals surface area contributed by atoms with Crippen molar-refractivity contribution in [1.82, 2.24) is 4.31 Å². The van der Waals surface area contributed by atoms with Crippen LogP contribution in [-0.4, -0.2) is 52.0 Å². The van der Waals surface area contributed by atoms with Crippen molar-refractivity contribution in [3.63, 3.8) is 0 Å². The number of aromatic hydroxyl groups is 1. The first-order valence-electron chi connectivity index (χ1n) is 8.95. The molecule has 0 saturated carbocycles. The highest BCUT2D eigenvalue weighted by atomic mass is 32.2.